The van der Waals surface area contributed by atoms with Crippen LogP contribution in [0.3, 0.4) is 0 Å². The van der Waals surface area contributed by atoms with Gasteiger partial charge in [0.05, 0.1) is 5.56 Å². The summed E-state index contributed by atoms with van der Waals surface area (Å²) in [5, 5.41) is 11.3. The van der Waals surface area contributed by atoms with E-state index in [0.717, 1.165) is 49.5 Å². The highest BCUT2D eigenvalue weighted by Crippen LogP contribution is 2.65. The van der Waals surface area contributed by atoms with Gasteiger partial charge in [0, 0.05) is 19.7 Å². The number of benzene rings is 2. The van der Waals surface area contributed by atoms with Crippen molar-refractivity contribution < 1.29 is 19.4 Å². The smallest absolute Gasteiger partial charge is 0.335 e. The van der Waals surface area contributed by atoms with Gasteiger partial charge in [-0.3, -0.25) is 4.79 Å². The fourth-order valence-electron chi connectivity index (χ4n) is 5.14. The third-order valence-corrected chi connectivity index (χ3v) is 6.98. The Morgan fingerprint density at radius 3 is 2.57 bits per heavy atom. The van der Waals surface area contributed by atoms with E-state index in [2.05, 4.69) is 18.2 Å². The van der Waals surface area contributed by atoms with Crippen LogP contribution in [0.4, 0.5) is 0 Å². The van der Waals surface area contributed by atoms with Crippen molar-refractivity contribution in [3.8, 4) is 0 Å². The Balaban J connectivity index is 1.29. The predicted molar refractivity (Wildman–Crippen MR) is 105 cm³/mol. The second-order valence-electron chi connectivity index (χ2n) is 8.57. The molecule has 1 amide bonds. The first kappa shape index (κ1) is 17.7. The van der Waals surface area contributed by atoms with Crippen molar-refractivity contribution in [1.29, 1.82) is 0 Å². The van der Waals surface area contributed by atoms with Gasteiger partial charge in [-0.25, -0.2) is 4.79 Å². The minimum atomic E-state index is -0.890. The van der Waals surface area contributed by atoms with Gasteiger partial charge in [0.1, 0.15) is 6.10 Å². The maximum atomic E-state index is 12.6. The van der Waals surface area contributed by atoms with Crippen LogP contribution in [-0.4, -0.2) is 47.7 Å². The van der Waals surface area contributed by atoms with Crippen molar-refractivity contribution in [3.05, 3.63) is 47.5 Å². The largest absolute Gasteiger partial charge is 0.478 e. The highest BCUT2D eigenvalue weighted by atomic mass is 16.5. The summed E-state index contributed by atoms with van der Waals surface area (Å²) in [6.07, 6.45) is 4.89. The summed E-state index contributed by atoms with van der Waals surface area (Å²) in [5.74, 6) is -0.194. The van der Waals surface area contributed by atoms with Gasteiger partial charge in [0.25, 0.3) is 5.91 Å². The SMILES string of the molecule is O=C(O)c1ccc2ccc([C@@H]3CC34CCN(C(=O)[C@H]3CCCO3)CC4)cc2c1. The number of piperidine rings is 1. The van der Waals surface area contributed by atoms with Crippen LogP contribution in [0.1, 0.15) is 53.9 Å². The maximum Gasteiger partial charge on any atom is 0.335 e. The molecule has 28 heavy (non-hydrogen) atoms. The van der Waals surface area contributed by atoms with Gasteiger partial charge < -0.3 is 14.7 Å². The van der Waals surface area contributed by atoms with Crippen LogP contribution in [0.25, 0.3) is 10.8 Å². The topological polar surface area (TPSA) is 66.8 Å². The van der Waals surface area contributed by atoms with E-state index in [4.69, 9.17) is 4.74 Å². The first-order valence-electron chi connectivity index (χ1n) is 10.2. The van der Waals surface area contributed by atoms with Crippen molar-refractivity contribution >= 4 is 22.6 Å². The number of nitrogens with zero attached hydrogens (tertiary/aromatic N) is 1. The quantitative estimate of drug-likeness (QED) is 0.881. The fraction of sp³-hybridized carbons (Fsp3) is 0.478. The van der Waals surface area contributed by atoms with Crippen LogP contribution in [0.15, 0.2) is 36.4 Å². The number of ether oxygens (including phenoxy) is 1. The summed E-state index contributed by atoms with van der Waals surface area (Å²) in [5.41, 5.74) is 1.94. The van der Waals surface area contributed by atoms with Gasteiger partial charge in [0.15, 0.2) is 0 Å². The summed E-state index contributed by atoms with van der Waals surface area (Å²) < 4.78 is 5.56. The highest BCUT2D eigenvalue weighted by Gasteiger charge is 2.55. The molecule has 2 aromatic carbocycles. The molecule has 2 heterocycles. The molecule has 1 spiro atoms. The van der Waals surface area contributed by atoms with Crippen molar-refractivity contribution in [3.63, 3.8) is 0 Å². The number of aromatic carboxylic acids is 1. The molecule has 1 aliphatic carbocycles. The number of likely N-dealkylation sites (tertiary alicyclic amines) is 1. The first-order valence-corrected chi connectivity index (χ1v) is 10.2. The third kappa shape index (κ3) is 2.98. The molecule has 0 unspecified atom stereocenters. The summed E-state index contributed by atoms with van der Waals surface area (Å²) >= 11 is 0. The third-order valence-electron chi connectivity index (χ3n) is 6.98. The lowest BCUT2D eigenvalue weighted by Gasteiger charge is -2.34. The van der Waals surface area contributed by atoms with Gasteiger partial charge in [-0.15, -0.1) is 0 Å². The van der Waals surface area contributed by atoms with Crippen LogP contribution in [0, 0.1) is 5.41 Å². The van der Waals surface area contributed by atoms with Gasteiger partial charge >= 0.3 is 5.97 Å². The molecule has 2 saturated heterocycles. The number of carboxylic acids is 1. The molecule has 2 atom stereocenters. The molecule has 5 rings (SSSR count). The second kappa shape index (κ2) is 6.59. The summed E-state index contributed by atoms with van der Waals surface area (Å²) in [4.78, 5) is 25.8. The molecule has 1 saturated carbocycles. The van der Waals surface area contributed by atoms with Crippen LogP contribution in [-0.2, 0) is 9.53 Å². The fourth-order valence-corrected chi connectivity index (χ4v) is 5.14. The van der Waals surface area contributed by atoms with E-state index < -0.39 is 5.97 Å². The zero-order valence-electron chi connectivity index (χ0n) is 15.9. The first-order chi connectivity index (χ1) is 13.6. The number of amides is 1. The van der Waals surface area contributed by atoms with Gasteiger partial charge in [0.2, 0.25) is 0 Å². The average molecular weight is 379 g/mol. The molecular weight excluding hydrogens is 354 g/mol. The molecule has 146 valence electrons. The Hall–Kier alpha value is -2.40. The Morgan fingerprint density at radius 1 is 1.07 bits per heavy atom. The normalized spacial score (nSPS) is 25.9. The molecule has 1 N–H and O–H groups in total. The number of carboxylic acid groups (broad SMARTS) is 1. The lowest BCUT2D eigenvalue weighted by Crippen LogP contribution is -2.44. The number of carbonyl (C=O) groups is 2. The summed E-state index contributed by atoms with van der Waals surface area (Å²) in [7, 11) is 0. The van der Waals surface area contributed by atoms with Crippen LogP contribution >= 0.6 is 0 Å². The number of hydrogen-bond acceptors (Lipinski definition) is 3. The van der Waals surface area contributed by atoms with Crippen molar-refractivity contribution in [2.75, 3.05) is 19.7 Å². The van der Waals surface area contributed by atoms with Crippen molar-refractivity contribution in [2.45, 2.75) is 44.1 Å². The molecule has 3 fully saturated rings. The molecule has 0 bridgehead atoms. The molecule has 2 aliphatic heterocycles. The summed E-state index contributed by atoms with van der Waals surface area (Å²) in [6, 6.07) is 11.7. The lowest BCUT2D eigenvalue weighted by atomic mass is 9.88. The zero-order chi connectivity index (χ0) is 19.3. The minimum Gasteiger partial charge on any atom is -0.478 e. The number of carbonyl (C=O) groups excluding carboxylic acids is 1. The molecule has 0 radical (unpaired) electrons. The lowest BCUT2D eigenvalue weighted by molar-refractivity contribution is -0.142. The zero-order valence-corrected chi connectivity index (χ0v) is 15.9. The van der Waals surface area contributed by atoms with Crippen LogP contribution in [0.2, 0.25) is 0 Å². The Morgan fingerprint density at radius 2 is 1.86 bits per heavy atom. The molecule has 5 heteroatoms. The molecule has 5 nitrogen and oxygen atoms in total. The van der Waals surface area contributed by atoms with E-state index >= 15 is 0 Å². The second-order valence-corrected chi connectivity index (χ2v) is 8.57. The van der Waals surface area contributed by atoms with Crippen molar-refractivity contribution in [2.24, 2.45) is 5.41 Å². The number of fused-ring (bicyclic) bond motifs is 1. The molecular formula is C23H25NO4. The van der Waals surface area contributed by atoms with Crippen LogP contribution < -0.4 is 0 Å². The van der Waals surface area contributed by atoms with E-state index in [1.165, 1.54) is 12.0 Å². The highest BCUT2D eigenvalue weighted by molar-refractivity contribution is 5.94. The minimum absolute atomic E-state index is 0.177. The van der Waals surface area contributed by atoms with Crippen molar-refractivity contribution in [1.82, 2.24) is 4.90 Å². The Bertz CT molecular complexity index is 939. The predicted octanol–water partition coefficient (Wildman–Crippen LogP) is 3.81. The number of hydrogen-bond donors (Lipinski definition) is 1. The molecule has 2 aromatic rings. The van der Waals surface area contributed by atoms with E-state index in [0.29, 0.717) is 23.5 Å². The van der Waals surface area contributed by atoms with Gasteiger partial charge in [-0.1, -0.05) is 24.3 Å². The molecule has 3 aliphatic rings. The van der Waals surface area contributed by atoms with E-state index in [-0.39, 0.29) is 12.0 Å². The van der Waals surface area contributed by atoms with Crippen LogP contribution in [0.5, 0.6) is 0 Å². The van der Waals surface area contributed by atoms with Gasteiger partial charge in [-0.05, 0) is 71.9 Å². The monoisotopic (exact) mass is 379 g/mol. The van der Waals surface area contributed by atoms with E-state index in [1.807, 2.05) is 11.0 Å². The maximum absolute atomic E-state index is 12.6. The number of rotatable bonds is 3. The Labute approximate surface area is 164 Å². The standard InChI is InChI=1S/C23H25NO4/c25-21(20-2-1-11-28-20)24-9-7-23(8-10-24)14-19(23)16-5-3-15-4-6-17(22(26)27)13-18(15)12-16/h3-6,12-13,19-20H,1-2,7-11,14H2,(H,26,27)/t19-,20+/m0/s1. The Kier molecular flexibility index (Phi) is 4.16. The van der Waals surface area contributed by atoms with E-state index in [9.17, 15) is 14.7 Å². The van der Waals surface area contributed by atoms with E-state index in [1.54, 1.807) is 12.1 Å². The summed E-state index contributed by atoms with van der Waals surface area (Å²) in [6.45, 7) is 2.36. The van der Waals surface area contributed by atoms with Gasteiger partial charge in [-0.2, -0.15) is 0 Å². The molecule has 0 aromatic heterocycles. The average Bonchev–Trinajstić information content (AvgIpc) is 3.14.